The number of anilines is 1. The van der Waals surface area contributed by atoms with Crippen LogP contribution in [0.2, 0.25) is 0 Å². The molecule has 1 saturated heterocycles. The van der Waals surface area contributed by atoms with Crippen molar-refractivity contribution in [3.63, 3.8) is 0 Å². The van der Waals surface area contributed by atoms with Crippen LogP contribution in [0.15, 0.2) is 47.4 Å². The lowest BCUT2D eigenvalue weighted by Gasteiger charge is -2.34. The summed E-state index contributed by atoms with van der Waals surface area (Å²) in [5.41, 5.74) is -1.11. The predicted molar refractivity (Wildman–Crippen MR) is 106 cm³/mol. The molecule has 0 atom stereocenters. The molecule has 0 aromatic heterocycles. The monoisotopic (exact) mass is 477 g/mol. The van der Waals surface area contributed by atoms with Gasteiger partial charge < -0.3 is 10.2 Å². The first-order valence-corrected chi connectivity index (χ1v) is 11.1. The normalized spacial score (nSPS) is 16.2. The van der Waals surface area contributed by atoms with E-state index in [1.165, 1.54) is 12.1 Å². The zero-order chi connectivity index (χ0) is 23.5. The summed E-state index contributed by atoms with van der Waals surface area (Å²) in [6, 6.07) is 7.01. The van der Waals surface area contributed by atoms with Crippen molar-refractivity contribution in [3.8, 4) is 0 Å². The number of alkyl halides is 3. The molecular weight excluding hydrogens is 457 g/mol. The molecule has 6 nitrogen and oxygen atoms in total. The molecule has 1 heterocycles. The number of sulfonamides is 1. The molecule has 1 amide bonds. The third kappa shape index (κ3) is 5.61. The molecule has 1 aliphatic heterocycles. The third-order valence-corrected chi connectivity index (χ3v) is 6.96. The van der Waals surface area contributed by atoms with E-state index >= 15 is 0 Å². The molecule has 0 spiro atoms. The first-order chi connectivity index (χ1) is 15.0. The van der Waals surface area contributed by atoms with E-state index in [1.807, 2.05) is 0 Å². The van der Waals surface area contributed by atoms with Crippen LogP contribution in [0.1, 0.15) is 12.0 Å². The van der Waals surface area contributed by atoms with Crippen molar-refractivity contribution in [1.82, 2.24) is 9.21 Å². The standard InChI is InChI=1S/C20H20F5N3O3S/c21-16-6-5-14(13-17(16)22)26-19(29)7-8-27-9-11-28(12-10-27)32(30,31)18-4-2-1-3-15(18)20(23,24)25/h1-6,13H,7-12H2,(H,26,29). The fourth-order valence-electron chi connectivity index (χ4n) is 3.32. The summed E-state index contributed by atoms with van der Waals surface area (Å²) in [4.78, 5) is 13.0. The number of carbonyl (C=O) groups excluding carboxylic acids is 1. The van der Waals surface area contributed by atoms with Gasteiger partial charge >= 0.3 is 6.18 Å². The smallest absolute Gasteiger partial charge is 0.326 e. The summed E-state index contributed by atoms with van der Waals surface area (Å²) in [7, 11) is -4.34. The number of halogens is 5. The van der Waals surface area contributed by atoms with Crippen LogP contribution in [0, 0.1) is 11.6 Å². The molecule has 3 rings (SSSR count). The molecule has 1 aliphatic rings. The van der Waals surface area contributed by atoms with Crippen LogP contribution in [0.4, 0.5) is 27.6 Å². The maximum Gasteiger partial charge on any atom is 0.417 e. The van der Waals surface area contributed by atoms with Gasteiger partial charge in [0.2, 0.25) is 15.9 Å². The van der Waals surface area contributed by atoms with Crippen molar-refractivity contribution >= 4 is 21.6 Å². The molecular formula is C20H20F5N3O3S. The van der Waals surface area contributed by atoms with Crippen LogP contribution in [-0.4, -0.2) is 56.3 Å². The Labute approximate surface area is 181 Å². The minimum Gasteiger partial charge on any atom is -0.326 e. The van der Waals surface area contributed by atoms with Gasteiger partial charge in [-0.15, -0.1) is 0 Å². The van der Waals surface area contributed by atoms with Crippen molar-refractivity contribution in [1.29, 1.82) is 0 Å². The van der Waals surface area contributed by atoms with Gasteiger partial charge in [0.15, 0.2) is 11.6 Å². The summed E-state index contributed by atoms with van der Waals surface area (Å²) in [6.45, 7) is 0.666. The number of piperazine rings is 1. The van der Waals surface area contributed by atoms with Crippen molar-refractivity contribution in [2.75, 3.05) is 38.0 Å². The van der Waals surface area contributed by atoms with E-state index < -0.39 is 44.2 Å². The number of amides is 1. The lowest BCUT2D eigenvalue weighted by molar-refractivity contribution is -0.140. The van der Waals surface area contributed by atoms with Crippen molar-refractivity contribution in [2.45, 2.75) is 17.5 Å². The second-order valence-corrected chi connectivity index (χ2v) is 9.07. The molecule has 174 valence electrons. The number of rotatable bonds is 6. The molecule has 2 aromatic carbocycles. The highest BCUT2D eigenvalue weighted by molar-refractivity contribution is 7.89. The predicted octanol–water partition coefficient (Wildman–Crippen LogP) is 3.32. The summed E-state index contributed by atoms with van der Waals surface area (Å²) in [5.74, 6) is -2.56. The van der Waals surface area contributed by atoms with E-state index in [0.29, 0.717) is 0 Å². The molecule has 0 bridgehead atoms. The Kier molecular flexibility index (Phi) is 7.16. The van der Waals surface area contributed by atoms with Crippen LogP contribution in [0.5, 0.6) is 0 Å². The van der Waals surface area contributed by atoms with Gasteiger partial charge in [-0.2, -0.15) is 17.5 Å². The molecule has 1 fully saturated rings. The van der Waals surface area contributed by atoms with Crippen LogP contribution in [0.25, 0.3) is 0 Å². The zero-order valence-electron chi connectivity index (χ0n) is 16.7. The first-order valence-electron chi connectivity index (χ1n) is 9.62. The van der Waals surface area contributed by atoms with Gasteiger partial charge in [0.05, 0.1) is 10.5 Å². The fourth-order valence-corrected chi connectivity index (χ4v) is 4.95. The summed E-state index contributed by atoms with van der Waals surface area (Å²) < 4.78 is 92.3. The highest BCUT2D eigenvalue weighted by atomic mass is 32.2. The number of hydrogen-bond acceptors (Lipinski definition) is 4. The summed E-state index contributed by atoms with van der Waals surface area (Å²) in [6.07, 6.45) is -4.78. The van der Waals surface area contributed by atoms with Crippen LogP contribution in [-0.2, 0) is 21.0 Å². The van der Waals surface area contributed by atoms with Crippen molar-refractivity contribution < 1.29 is 35.2 Å². The van der Waals surface area contributed by atoms with Gasteiger partial charge in [-0.3, -0.25) is 4.79 Å². The summed E-state index contributed by atoms with van der Waals surface area (Å²) in [5, 5.41) is 2.44. The molecule has 32 heavy (non-hydrogen) atoms. The van der Waals surface area contributed by atoms with Crippen LogP contribution < -0.4 is 5.32 Å². The summed E-state index contributed by atoms with van der Waals surface area (Å²) >= 11 is 0. The Morgan fingerprint density at radius 3 is 2.25 bits per heavy atom. The largest absolute Gasteiger partial charge is 0.417 e. The number of benzene rings is 2. The number of nitrogens with one attached hydrogen (secondary N) is 1. The number of carbonyl (C=O) groups is 1. The SMILES string of the molecule is O=C(CCN1CCN(S(=O)(=O)c2ccccc2C(F)(F)F)CC1)Nc1ccc(F)c(F)c1. The highest BCUT2D eigenvalue weighted by Gasteiger charge is 2.39. The van der Waals surface area contributed by atoms with E-state index in [0.717, 1.165) is 34.6 Å². The van der Waals surface area contributed by atoms with Gasteiger partial charge in [0, 0.05) is 50.9 Å². The Morgan fingerprint density at radius 2 is 1.62 bits per heavy atom. The quantitative estimate of drug-likeness (QED) is 0.649. The molecule has 0 aliphatic carbocycles. The van der Waals surface area contributed by atoms with Crippen LogP contribution >= 0.6 is 0 Å². The maximum atomic E-state index is 13.2. The number of hydrogen-bond donors (Lipinski definition) is 1. The first kappa shape index (κ1) is 24.1. The van der Waals surface area contributed by atoms with E-state index in [2.05, 4.69) is 5.32 Å². The fraction of sp³-hybridized carbons (Fsp3) is 0.350. The molecule has 1 N–H and O–H groups in total. The molecule has 0 saturated carbocycles. The van der Waals surface area contributed by atoms with E-state index in [4.69, 9.17) is 0 Å². The Hall–Kier alpha value is -2.57. The lowest BCUT2D eigenvalue weighted by atomic mass is 10.2. The average Bonchev–Trinajstić information content (AvgIpc) is 2.74. The lowest BCUT2D eigenvalue weighted by Crippen LogP contribution is -2.49. The Morgan fingerprint density at radius 1 is 0.969 bits per heavy atom. The minimum absolute atomic E-state index is 0.0165. The minimum atomic E-state index is -4.80. The second kappa shape index (κ2) is 9.51. The second-order valence-electron chi connectivity index (χ2n) is 7.17. The van der Waals surface area contributed by atoms with E-state index in [9.17, 15) is 35.2 Å². The topological polar surface area (TPSA) is 69.7 Å². The molecule has 2 aromatic rings. The molecule has 0 radical (unpaired) electrons. The van der Waals surface area contributed by atoms with Crippen molar-refractivity contribution in [2.24, 2.45) is 0 Å². The maximum absolute atomic E-state index is 13.2. The van der Waals surface area contributed by atoms with Gasteiger partial charge in [0.1, 0.15) is 0 Å². The zero-order valence-corrected chi connectivity index (χ0v) is 17.5. The highest BCUT2D eigenvalue weighted by Crippen LogP contribution is 2.35. The van der Waals surface area contributed by atoms with Crippen LogP contribution in [0.3, 0.4) is 0 Å². The Balaban J connectivity index is 1.55. The number of nitrogens with zero attached hydrogens (tertiary/aromatic N) is 2. The van der Waals surface area contributed by atoms with Gasteiger partial charge in [-0.25, -0.2) is 17.2 Å². The van der Waals surface area contributed by atoms with E-state index in [-0.39, 0.29) is 44.8 Å². The molecule has 0 unspecified atom stereocenters. The third-order valence-electron chi connectivity index (χ3n) is 5.00. The average molecular weight is 477 g/mol. The van der Waals surface area contributed by atoms with Gasteiger partial charge in [0.25, 0.3) is 0 Å². The van der Waals surface area contributed by atoms with Crippen molar-refractivity contribution in [3.05, 3.63) is 59.7 Å². The molecule has 12 heteroatoms. The van der Waals surface area contributed by atoms with Gasteiger partial charge in [-0.1, -0.05) is 12.1 Å². The van der Waals surface area contributed by atoms with E-state index in [1.54, 1.807) is 4.90 Å². The Bertz CT molecular complexity index is 1080. The van der Waals surface area contributed by atoms with Gasteiger partial charge in [-0.05, 0) is 24.3 Å².